The summed E-state index contributed by atoms with van der Waals surface area (Å²) in [5.41, 5.74) is 2.92. The average molecular weight is 261 g/mol. The molecule has 0 spiro atoms. The van der Waals surface area contributed by atoms with Gasteiger partial charge in [0.05, 0.1) is 12.1 Å². The third kappa shape index (κ3) is 3.37. The minimum absolute atomic E-state index is 0.316. The second kappa shape index (κ2) is 7.06. The van der Waals surface area contributed by atoms with Gasteiger partial charge in [-0.15, -0.1) is 0 Å². The summed E-state index contributed by atoms with van der Waals surface area (Å²) < 4.78 is 6.15. The summed E-state index contributed by atoms with van der Waals surface area (Å²) in [6.07, 6.45) is 3.80. The van der Waals surface area contributed by atoms with E-state index in [1.807, 2.05) is 0 Å². The lowest BCUT2D eigenvalue weighted by Crippen LogP contribution is -2.38. The van der Waals surface area contributed by atoms with Crippen LogP contribution in [0.15, 0.2) is 24.3 Å². The first-order valence-electron chi connectivity index (χ1n) is 7.71. The Balaban J connectivity index is 2.17. The molecule has 0 saturated carbocycles. The van der Waals surface area contributed by atoms with Crippen LogP contribution in [0.25, 0.3) is 0 Å². The van der Waals surface area contributed by atoms with Crippen molar-refractivity contribution in [2.45, 2.75) is 58.1 Å². The van der Waals surface area contributed by atoms with Crippen molar-refractivity contribution in [3.8, 4) is 0 Å². The second-order valence-electron chi connectivity index (χ2n) is 5.56. The maximum absolute atomic E-state index is 6.15. The van der Waals surface area contributed by atoms with Crippen molar-refractivity contribution >= 4 is 0 Å². The molecule has 1 aromatic carbocycles. The summed E-state index contributed by atoms with van der Waals surface area (Å²) in [4.78, 5) is 0. The molecule has 0 amide bonds. The number of ether oxygens (including phenoxy) is 1. The molecule has 2 heteroatoms. The molecule has 0 aromatic heterocycles. The van der Waals surface area contributed by atoms with Crippen LogP contribution in [-0.2, 0) is 4.74 Å². The van der Waals surface area contributed by atoms with Crippen LogP contribution in [0.4, 0.5) is 0 Å². The fraction of sp³-hybridized carbons (Fsp3) is 0.647. The third-order valence-corrected chi connectivity index (χ3v) is 4.07. The van der Waals surface area contributed by atoms with E-state index >= 15 is 0 Å². The zero-order chi connectivity index (χ0) is 13.7. The highest BCUT2D eigenvalue weighted by Gasteiger charge is 2.32. The number of nitrogens with one attached hydrogen (secondary N) is 1. The number of likely N-dealkylation sites (N-methyl/N-ethyl adjacent to an activating group) is 1. The highest BCUT2D eigenvalue weighted by Crippen LogP contribution is 2.38. The van der Waals surface area contributed by atoms with E-state index < -0.39 is 0 Å². The maximum atomic E-state index is 6.15. The molecule has 0 radical (unpaired) electrons. The standard InChI is InChI=1S/C17H27NO/c1-4-6-11-19-16-12-13(3)14-9-7-8-10-15(14)17(16)18-5-2/h7-10,13,16-18H,4-6,11-12H2,1-3H3. The van der Waals surface area contributed by atoms with E-state index in [1.165, 1.54) is 17.5 Å². The van der Waals surface area contributed by atoms with Crippen LogP contribution in [0.3, 0.4) is 0 Å². The highest BCUT2D eigenvalue weighted by atomic mass is 16.5. The van der Waals surface area contributed by atoms with Gasteiger partial charge in [0, 0.05) is 6.61 Å². The molecular formula is C17H27NO. The Morgan fingerprint density at radius 2 is 1.95 bits per heavy atom. The second-order valence-corrected chi connectivity index (χ2v) is 5.56. The topological polar surface area (TPSA) is 21.3 Å². The molecule has 1 aliphatic rings. The molecule has 1 aromatic rings. The minimum atomic E-state index is 0.316. The largest absolute Gasteiger partial charge is 0.376 e. The number of rotatable bonds is 6. The van der Waals surface area contributed by atoms with E-state index in [0.29, 0.717) is 18.1 Å². The molecule has 1 aliphatic carbocycles. The van der Waals surface area contributed by atoms with E-state index in [9.17, 15) is 0 Å². The molecule has 3 atom stereocenters. The molecule has 106 valence electrons. The Morgan fingerprint density at radius 1 is 1.21 bits per heavy atom. The van der Waals surface area contributed by atoms with Crippen LogP contribution in [0, 0.1) is 0 Å². The molecule has 0 fully saturated rings. The van der Waals surface area contributed by atoms with Crippen molar-refractivity contribution in [1.29, 1.82) is 0 Å². The van der Waals surface area contributed by atoms with Crippen LogP contribution < -0.4 is 5.32 Å². The van der Waals surface area contributed by atoms with Crippen molar-refractivity contribution in [2.24, 2.45) is 0 Å². The van der Waals surface area contributed by atoms with Gasteiger partial charge in [-0.3, -0.25) is 0 Å². The summed E-state index contributed by atoms with van der Waals surface area (Å²) in [7, 11) is 0. The van der Waals surface area contributed by atoms with Gasteiger partial charge in [0.1, 0.15) is 0 Å². The summed E-state index contributed by atoms with van der Waals surface area (Å²) in [6, 6.07) is 9.18. The molecule has 2 rings (SSSR count). The molecule has 1 N–H and O–H groups in total. The number of hydrogen-bond donors (Lipinski definition) is 1. The summed E-state index contributed by atoms with van der Waals surface area (Å²) in [5.74, 6) is 0.595. The molecule has 0 heterocycles. The first-order valence-corrected chi connectivity index (χ1v) is 7.71. The number of benzene rings is 1. The lowest BCUT2D eigenvalue weighted by atomic mass is 9.79. The fourth-order valence-corrected chi connectivity index (χ4v) is 3.06. The van der Waals surface area contributed by atoms with Crippen molar-refractivity contribution in [3.63, 3.8) is 0 Å². The number of hydrogen-bond acceptors (Lipinski definition) is 2. The van der Waals surface area contributed by atoms with Crippen LogP contribution in [-0.4, -0.2) is 19.3 Å². The Hall–Kier alpha value is -0.860. The van der Waals surface area contributed by atoms with Gasteiger partial charge in [-0.05, 0) is 36.4 Å². The molecule has 0 saturated heterocycles. The van der Waals surface area contributed by atoms with E-state index in [-0.39, 0.29) is 0 Å². The van der Waals surface area contributed by atoms with Crippen LogP contribution >= 0.6 is 0 Å². The average Bonchev–Trinajstić information content (AvgIpc) is 2.43. The summed E-state index contributed by atoms with van der Waals surface area (Å²) in [6.45, 7) is 8.57. The van der Waals surface area contributed by atoms with Crippen molar-refractivity contribution in [3.05, 3.63) is 35.4 Å². The molecule has 2 nitrogen and oxygen atoms in total. The predicted octanol–water partition coefficient (Wildman–Crippen LogP) is 4.03. The Bertz CT molecular complexity index is 391. The first kappa shape index (κ1) is 14.5. The molecule has 19 heavy (non-hydrogen) atoms. The normalized spacial score (nSPS) is 26.2. The Labute approximate surface area is 117 Å². The van der Waals surface area contributed by atoms with Gasteiger partial charge in [-0.2, -0.15) is 0 Å². The van der Waals surface area contributed by atoms with E-state index in [4.69, 9.17) is 4.74 Å². The van der Waals surface area contributed by atoms with Crippen molar-refractivity contribution in [1.82, 2.24) is 5.32 Å². The van der Waals surface area contributed by atoms with Crippen LogP contribution in [0.2, 0.25) is 0 Å². The first-order chi connectivity index (χ1) is 9.27. The third-order valence-electron chi connectivity index (χ3n) is 4.07. The molecule has 0 bridgehead atoms. The van der Waals surface area contributed by atoms with E-state index in [2.05, 4.69) is 50.4 Å². The highest BCUT2D eigenvalue weighted by molar-refractivity contribution is 5.36. The predicted molar refractivity (Wildman–Crippen MR) is 80.5 cm³/mol. The van der Waals surface area contributed by atoms with Crippen LogP contribution in [0.5, 0.6) is 0 Å². The van der Waals surface area contributed by atoms with Crippen molar-refractivity contribution in [2.75, 3.05) is 13.2 Å². The van der Waals surface area contributed by atoms with Gasteiger partial charge >= 0.3 is 0 Å². The van der Waals surface area contributed by atoms with Gasteiger partial charge < -0.3 is 10.1 Å². The number of fused-ring (bicyclic) bond motifs is 1. The van der Waals surface area contributed by atoms with Gasteiger partial charge in [0.15, 0.2) is 0 Å². The van der Waals surface area contributed by atoms with Crippen molar-refractivity contribution < 1.29 is 4.74 Å². The van der Waals surface area contributed by atoms with Gasteiger partial charge in [-0.1, -0.05) is 51.5 Å². The van der Waals surface area contributed by atoms with Gasteiger partial charge in [0.25, 0.3) is 0 Å². The minimum Gasteiger partial charge on any atom is -0.376 e. The zero-order valence-corrected chi connectivity index (χ0v) is 12.5. The fourth-order valence-electron chi connectivity index (χ4n) is 3.06. The summed E-state index contributed by atoms with van der Waals surface area (Å²) in [5, 5.41) is 3.61. The molecular weight excluding hydrogens is 234 g/mol. The van der Waals surface area contributed by atoms with Gasteiger partial charge in [-0.25, -0.2) is 0 Å². The monoisotopic (exact) mass is 261 g/mol. The lowest BCUT2D eigenvalue weighted by Gasteiger charge is -2.37. The maximum Gasteiger partial charge on any atom is 0.0775 e. The SMILES string of the molecule is CCCCOC1CC(C)c2ccccc2C1NCC. The van der Waals surface area contributed by atoms with E-state index in [0.717, 1.165) is 26.0 Å². The van der Waals surface area contributed by atoms with Gasteiger partial charge in [0.2, 0.25) is 0 Å². The van der Waals surface area contributed by atoms with E-state index in [1.54, 1.807) is 0 Å². The zero-order valence-electron chi connectivity index (χ0n) is 12.5. The smallest absolute Gasteiger partial charge is 0.0775 e. The molecule has 0 aliphatic heterocycles. The summed E-state index contributed by atoms with van der Waals surface area (Å²) >= 11 is 0. The lowest BCUT2D eigenvalue weighted by molar-refractivity contribution is 0.00980. The Kier molecular flexibility index (Phi) is 5.41. The number of unbranched alkanes of at least 4 members (excludes halogenated alkanes) is 1. The van der Waals surface area contributed by atoms with Crippen LogP contribution in [0.1, 0.15) is 63.1 Å². The quantitative estimate of drug-likeness (QED) is 0.781. The Morgan fingerprint density at radius 3 is 2.63 bits per heavy atom. The molecule has 3 unspecified atom stereocenters.